The van der Waals surface area contributed by atoms with E-state index in [4.69, 9.17) is 28.9 Å². The first-order valence-corrected chi connectivity index (χ1v) is 12.1. The zero-order valence-corrected chi connectivity index (χ0v) is 19.5. The highest BCUT2D eigenvalue weighted by molar-refractivity contribution is 6.02. The van der Waals surface area contributed by atoms with E-state index in [-0.39, 0.29) is 0 Å². The van der Waals surface area contributed by atoms with Crippen LogP contribution in [0.3, 0.4) is 0 Å². The van der Waals surface area contributed by atoms with Crippen LogP contribution in [-0.2, 0) is 27.2 Å². The van der Waals surface area contributed by atoms with Crippen LogP contribution in [0.25, 0.3) is 21.9 Å². The minimum absolute atomic E-state index is 0.600. The Morgan fingerprint density at radius 2 is 1.85 bits per heavy atom. The number of aromatic nitrogens is 3. The van der Waals surface area contributed by atoms with Gasteiger partial charge in [0.1, 0.15) is 23.7 Å². The van der Waals surface area contributed by atoms with Gasteiger partial charge in [-0.3, -0.25) is 9.88 Å². The van der Waals surface area contributed by atoms with Crippen molar-refractivity contribution in [3.05, 3.63) is 30.2 Å². The van der Waals surface area contributed by atoms with E-state index in [1.165, 1.54) is 0 Å². The summed E-state index contributed by atoms with van der Waals surface area (Å²) in [5, 5.41) is 1.12. The Hall–Kier alpha value is -2.26. The van der Waals surface area contributed by atoms with Crippen LogP contribution in [0.2, 0.25) is 0 Å². The first-order chi connectivity index (χ1) is 16.3. The molecule has 2 aromatic heterocycles. The maximum atomic E-state index is 6.06. The zero-order valence-electron chi connectivity index (χ0n) is 19.5. The van der Waals surface area contributed by atoms with E-state index in [2.05, 4.69) is 27.7 Å². The lowest BCUT2D eigenvalue weighted by molar-refractivity contribution is 0.0322. The summed E-state index contributed by atoms with van der Waals surface area (Å²) in [6, 6.07) is 6.25. The molecule has 0 saturated carbocycles. The van der Waals surface area contributed by atoms with Crippen LogP contribution in [0.4, 0.5) is 0 Å². The van der Waals surface area contributed by atoms with Gasteiger partial charge in [0.05, 0.1) is 37.1 Å². The summed E-state index contributed by atoms with van der Waals surface area (Å²) >= 11 is 0. The highest BCUT2D eigenvalue weighted by Crippen LogP contribution is 2.30. The summed E-state index contributed by atoms with van der Waals surface area (Å²) in [4.78, 5) is 12.0. The Bertz CT molecular complexity index is 1060. The van der Waals surface area contributed by atoms with Gasteiger partial charge in [-0.1, -0.05) is 0 Å². The van der Waals surface area contributed by atoms with Crippen molar-refractivity contribution in [2.45, 2.75) is 25.8 Å². The number of fused-ring (bicyclic) bond motifs is 3. The van der Waals surface area contributed by atoms with Gasteiger partial charge in [0.25, 0.3) is 0 Å². The molecule has 0 atom stereocenters. The van der Waals surface area contributed by atoms with Crippen molar-refractivity contribution in [3.8, 4) is 5.75 Å². The predicted molar refractivity (Wildman–Crippen MR) is 127 cm³/mol. The van der Waals surface area contributed by atoms with E-state index in [0.717, 1.165) is 105 Å². The Morgan fingerprint density at radius 3 is 2.67 bits per heavy atom. The van der Waals surface area contributed by atoms with E-state index in [9.17, 15) is 0 Å². The quantitative estimate of drug-likeness (QED) is 0.492. The van der Waals surface area contributed by atoms with Crippen molar-refractivity contribution in [2.24, 2.45) is 5.92 Å². The number of nitrogens with zero attached hydrogens (tertiary/aromatic N) is 4. The lowest BCUT2D eigenvalue weighted by Crippen LogP contribution is -2.38. The summed E-state index contributed by atoms with van der Waals surface area (Å²) in [6.45, 7) is 8.45. The van der Waals surface area contributed by atoms with E-state index in [1.54, 1.807) is 7.11 Å². The molecule has 8 heteroatoms. The SMILES string of the molecule is COCCc1nc2cnc3cc(OCCN4CCOCC4)ccc3c2n1CC1CCOCC1. The number of methoxy groups -OCH3 is 1. The second kappa shape index (κ2) is 10.8. The Morgan fingerprint density at radius 1 is 1.03 bits per heavy atom. The fraction of sp³-hybridized carbons (Fsp3) is 0.600. The molecule has 0 amide bonds. The van der Waals surface area contributed by atoms with Gasteiger partial charge in [-0.25, -0.2) is 4.98 Å². The maximum Gasteiger partial charge on any atom is 0.121 e. The molecule has 2 saturated heterocycles. The average molecular weight is 455 g/mol. The van der Waals surface area contributed by atoms with E-state index in [0.29, 0.717) is 19.1 Å². The highest BCUT2D eigenvalue weighted by atomic mass is 16.5. The second-order valence-corrected chi connectivity index (χ2v) is 8.91. The van der Waals surface area contributed by atoms with E-state index in [1.807, 2.05) is 6.20 Å². The summed E-state index contributed by atoms with van der Waals surface area (Å²) < 4.78 is 24.8. The molecule has 0 spiro atoms. The van der Waals surface area contributed by atoms with Gasteiger partial charge in [0.2, 0.25) is 0 Å². The monoisotopic (exact) mass is 454 g/mol. The largest absolute Gasteiger partial charge is 0.492 e. The number of morpholine rings is 1. The minimum atomic E-state index is 0.600. The average Bonchev–Trinajstić information content (AvgIpc) is 3.21. The van der Waals surface area contributed by atoms with Crippen LogP contribution < -0.4 is 4.74 Å². The van der Waals surface area contributed by atoms with E-state index >= 15 is 0 Å². The Balaban J connectivity index is 1.39. The van der Waals surface area contributed by atoms with Gasteiger partial charge >= 0.3 is 0 Å². The van der Waals surface area contributed by atoms with Crippen molar-refractivity contribution < 1.29 is 18.9 Å². The lowest BCUT2D eigenvalue weighted by atomic mass is 10.00. The van der Waals surface area contributed by atoms with Crippen LogP contribution in [0.15, 0.2) is 24.4 Å². The number of pyridine rings is 1. The Labute approximate surface area is 194 Å². The summed E-state index contributed by atoms with van der Waals surface area (Å²) in [7, 11) is 1.74. The van der Waals surface area contributed by atoms with Crippen molar-refractivity contribution in [1.29, 1.82) is 0 Å². The first-order valence-electron chi connectivity index (χ1n) is 12.1. The fourth-order valence-electron chi connectivity index (χ4n) is 4.82. The molecule has 178 valence electrons. The summed E-state index contributed by atoms with van der Waals surface area (Å²) in [5.41, 5.74) is 3.05. The van der Waals surface area contributed by atoms with Gasteiger partial charge in [-0.05, 0) is 30.9 Å². The van der Waals surface area contributed by atoms with Gasteiger partial charge in [-0.15, -0.1) is 0 Å². The standard InChI is InChI=1S/C25H34N4O4/c1-30-10-6-24-27-23-17-26-22-16-20(33-15-9-28-7-13-32-14-8-28)2-3-21(22)25(23)29(24)18-19-4-11-31-12-5-19/h2-3,16-17,19H,4-15,18H2,1H3. The third-order valence-corrected chi connectivity index (χ3v) is 6.72. The summed E-state index contributed by atoms with van der Waals surface area (Å²) in [5.74, 6) is 2.53. The van der Waals surface area contributed by atoms with Gasteiger partial charge < -0.3 is 23.5 Å². The number of ether oxygens (including phenoxy) is 4. The number of benzene rings is 1. The number of rotatable bonds is 9. The van der Waals surface area contributed by atoms with Gasteiger partial charge in [-0.2, -0.15) is 0 Å². The molecule has 0 bridgehead atoms. The fourth-order valence-corrected chi connectivity index (χ4v) is 4.82. The molecule has 4 heterocycles. The molecule has 2 aliphatic rings. The van der Waals surface area contributed by atoms with Crippen LogP contribution >= 0.6 is 0 Å². The first kappa shape index (κ1) is 22.5. The minimum Gasteiger partial charge on any atom is -0.492 e. The maximum absolute atomic E-state index is 6.06. The number of imidazole rings is 1. The molecule has 8 nitrogen and oxygen atoms in total. The molecule has 2 fully saturated rings. The topological polar surface area (TPSA) is 70.9 Å². The molecule has 2 aliphatic heterocycles. The normalized spacial score (nSPS) is 18.3. The highest BCUT2D eigenvalue weighted by Gasteiger charge is 2.20. The smallest absolute Gasteiger partial charge is 0.121 e. The molecule has 33 heavy (non-hydrogen) atoms. The van der Waals surface area contributed by atoms with Gasteiger partial charge in [0, 0.05) is 64.4 Å². The van der Waals surface area contributed by atoms with Crippen LogP contribution in [0, 0.1) is 5.92 Å². The zero-order chi connectivity index (χ0) is 22.5. The number of hydrogen-bond donors (Lipinski definition) is 0. The van der Waals surface area contributed by atoms with Crippen molar-refractivity contribution in [2.75, 3.05) is 66.4 Å². The third-order valence-electron chi connectivity index (χ3n) is 6.72. The second-order valence-electron chi connectivity index (χ2n) is 8.91. The van der Waals surface area contributed by atoms with Crippen LogP contribution in [-0.4, -0.2) is 85.8 Å². The molecule has 0 unspecified atom stereocenters. The molecule has 5 rings (SSSR count). The van der Waals surface area contributed by atoms with Crippen molar-refractivity contribution >= 4 is 21.9 Å². The molecule has 1 aromatic carbocycles. The Kier molecular flexibility index (Phi) is 7.36. The van der Waals surface area contributed by atoms with Gasteiger partial charge in [0.15, 0.2) is 0 Å². The van der Waals surface area contributed by atoms with Crippen molar-refractivity contribution in [1.82, 2.24) is 19.4 Å². The molecular formula is C25H34N4O4. The molecule has 0 aliphatic carbocycles. The van der Waals surface area contributed by atoms with Crippen LogP contribution in [0.5, 0.6) is 5.75 Å². The summed E-state index contributed by atoms with van der Waals surface area (Å²) in [6.07, 6.45) is 4.87. The molecular weight excluding hydrogens is 420 g/mol. The number of hydrogen-bond acceptors (Lipinski definition) is 7. The lowest BCUT2D eigenvalue weighted by Gasteiger charge is -2.26. The predicted octanol–water partition coefficient (Wildman–Crippen LogP) is 2.91. The van der Waals surface area contributed by atoms with Crippen LogP contribution in [0.1, 0.15) is 18.7 Å². The molecule has 3 aromatic rings. The van der Waals surface area contributed by atoms with E-state index < -0.39 is 0 Å². The molecule has 0 N–H and O–H groups in total. The van der Waals surface area contributed by atoms with Crippen molar-refractivity contribution in [3.63, 3.8) is 0 Å². The third kappa shape index (κ3) is 5.30. The molecule has 0 radical (unpaired) electrons.